The van der Waals surface area contributed by atoms with Gasteiger partial charge in [-0.05, 0) is 38.8 Å². The molecule has 1 fully saturated rings. The van der Waals surface area contributed by atoms with Crippen LogP contribution in [-0.4, -0.2) is 34.2 Å². The lowest BCUT2D eigenvalue weighted by Gasteiger charge is -2.36. The molecule has 1 saturated heterocycles. The van der Waals surface area contributed by atoms with E-state index in [0.29, 0.717) is 12.3 Å². The number of nitrogens with zero attached hydrogens (tertiary/aromatic N) is 1. The summed E-state index contributed by atoms with van der Waals surface area (Å²) in [5, 5.41) is 23.2. The number of rotatable bonds is 4. The van der Waals surface area contributed by atoms with Crippen molar-refractivity contribution in [3.63, 3.8) is 0 Å². The molecule has 7 heteroatoms. The number of ether oxygens (including phenoxy) is 1. The summed E-state index contributed by atoms with van der Waals surface area (Å²) >= 11 is 0. The van der Waals surface area contributed by atoms with Gasteiger partial charge in [0.15, 0.2) is 0 Å². The Morgan fingerprint density at radius 1 is 1.52 bits per heavy atom. The quantitative estimate of drug-likeness (QED) is 0.654. The molecule has 0 amide bonds. The number of aromatic carboxylic acids is 1. The second-order valence-corrected chi connectivity index (χ2v) is 5.74. The minimum absolute atomic E-state index is 0.0585. The average molecular weight is 294 g/mol. The molecule has 1 aromatic rings. The fourth-order valence-corrected chi connectivity index (χ4v) is 2.51. The third kappa shape index (κ3) is 3.69. The van der Waals surface area contributed by atoms with E-state index in [0.717, 1.165) is 18.9 Å². The summed E-state index contributed by atoms with van der Waals surface area (Å²) in [7, 11) is 0. The van der Waals surface area contributed by atoms with Crippen molar-refractivity contribution in [2.24, 2.45) is 0 Å². The molecule has 7 nitrogen and oxygen atoms in total. The number of nitro benzene ring substituents is 1. The number of hydrogen-bond acceptors (Lipinski definition) is 5. The van der Waals surface area contributed by atoms with Crippen LogP contribution in [0.3, 0.4) is 0 Å². The maximum absolute atomic E-state index is 11.1. The number of hydrogen-bond donors (Lipinski definition) is 2. The summed E-state index contributed by atoms with van der Waals surface area (Å²) < 4.78 is 5.61. The van der Waals surface area contributed by atoms with Gasteiger partial charge in [-0.15, -0.1) is 0 Å². The highest BCUT2D eigenvalue weighted by Gasteiger charge is 2.30. The van der Waals surface area contributed by atoms with Crippen molar-refractivity contribution in [3.05, 3.63) is 33.9 Å². The van der Waals surface area contributed by atoms with Crippen LogP contribution in [0.4, 0.5) is 11.4 Å². The summed E-state index contributed by atoms with van der Waals surface area (Å²) in [4.78, 5) is 21.4. The van der Waals surface area contributed by atoms with Crippen LogP contribution in [0.2, 0.25) is 0 Å². The maximum atomic E-state index is 11.1. The summed E-state index contributed by atoms with van der Waals surface area (Å²) in [5.74, 6) is -1.18. The van der Waals surface area contributed by atoms with Crippen LogP contribution in [0, 0.1) is 10.1 Å². The van der Waals surface area contributed by atoms with Gasteiger partial charge in [-0.25, -0.2) is 4.79 Å². The SMILES string of the molecule is CC1(C)CC(Nc2ccc(C(=O)O)cc2[N+](=O)[O-])CCO1. The molecule has 1 aliphatic heterocycles. The first-order chi connectivity index (χ1) is 9.78. The summed E-state index contributed by atoms with van der Waals surface area (Å²) in [6.45, 7) is 4.54. The Kier molecular flexibility index (Phi) is 4.13. The maximum Gasteiger partial charge on any atom is 0.335 e. The van der Waals surface area contributed by atoms with Gasteiger partial charge in [-0.1, -0.05) is 0 Å². The predicted molar refractivity (Wildman–Crippen MR) is 76.7 cm³/mol. The van der Waals surface area contributed by atoms with Crippen LogP contribution < -0.4 is 5.32 Å². The first-order valence-electron chi connectivity index (χ1n) is 6.71. The van der Waals surface area contributed by atoms with Crippen LogP contribution in [0.5, 0.6) is 0 Å². The van der Waals surface area contributed by atoms with Gasteiger partial charge in [-0.2, -0.15) is 0 Å². The van der Waals surface area contributed by atoms with Crippen LogP contribution in [-0.2, 0) is 4.74 Å². The first-order valence-corrected chi connectivity index (χ1v) is 6.71. The van der Waals surface area contributed by atoms with E-state index in [9.17, 15) is 14.9 Å². The van der Waals surface area contributed by atoms with Crippen molar-refractivity contribution in [1.82, 2.24) is 0 Å². The van der Waals surface area contributed by atoms with Gasteiger partial charge in [0.05, 0.1) is 16.1 Å². The highest BCUT2D eigenvalue weighted by Crippen LogP contribution is 2.31. The van der Waals surface area contributed by atoms with Crippen molar-refractivity contribution in [2.75, 3.05) is 11.9 Å². The number of carbonyl (C=O) groups is 1. The molecular formula is C14H18N2O5. The Labute approximate surface area is 122 Å². The highest BCUT2D eigenvalue weighted by molar-refractivity contribution is 5.89. The number of carboxylic acids is 1. The van der Waals surface area contributed by atoms with Crippen molar-refractivity contribution in [1.29, 1.82) is 0 Å². The molecule has 1 atom stereocenters. The molecule has 0 bridgehead atoms. The van der Waals surface area contributed by atoms with E-state index < -0.39 is 10.9 Å². The van der Waals surface area contributed by atoms with Crippen molar-refractivity contribution < 1.29 is 19.6 Å². The third-order valence-corrected chi connectivity index (χ3v) is 3.50. The first kappa shape index (κ1) is 15.2. The minimum atomic E-state index is -1.18. The number of carboxylic acid groups (broad SMARTS) is 1. The Bertz CT molecular complexity index is 570. The normalized spacial score (nSPS) is 20.8. The molecule has 0 aromatic heterocycles. The lowest BCUT2D eigenvalue weighted by molar-refractivity contribution is -0.384. The van der Waals surface area contributed by atoms with Crippen LogP contribution in [0.15, 0.2) is 18.2 Å². The van der Waals surface area contributed by atoms with Gasteiger partial charge in [-0.3, -0.25) is 10.1 Å². The fourth-order valence-electron chi connectivity index (χ4n) is 2.51. The van der Waals surface area contributed by atoms with Crippen molar-refractivity contribution in [2.45, 2.75) is 38.3 Å². The van der Waals surface area contributed by atoms with Gasteiger partial charge < -0.3 is 15.2 Å². The largest absolute Gasteiger partial charge is 0.478 e. The second kappa shape index (κ2) is 5.69. The van der Waals surface area contributed by atoms with E-state index in [4.69, 9.17) is 9.84 Å². The molecule has 21 heavy (non-hydrogen) atoms. The van der Waals surface area contributed by atoms with Crippen LogP contribution in [0.25, 0.3) is 0 Å². The van der Waals surface area contributed by atoms with Gasteiger partial charge >= 0.3 is 5.97 Å². The molecule has 114 valence electrons. The average Bonchev–Trinajstić information content (AvgIpc) is 2.37. The van der Waals surface area contributed by atoms with Crippen molar-refractivity contribution >= 4 is 17.3 Å². The molecule has 1 aliphatic rings. The zero-order valence-corrected chi connectivity index (χ0v) is 12.0. The minimum Gasteiger partial charge on any atom is -0.478 e. The fraction of sp³-hybridized carbons (Fsp3) is 0.500. The Morgan fingerprint density at radius 3 is 2.81 bits per heavy atom. The Morgan fingerprint density at radius 2 is 2.24 bits per heavy atom. The number of benzene rings is 1. The molecule has 0 saturated carbocycles. The molecule has 2 N–H and O–H groups in total. The van der Waals surface area contributed by atoms with E-state index in [1.54, 1.807) is 0 Å². The lowest BCUT2D eigenvalue weighted by atomic mass is 9.93. The predicted octanol–water partition coefficient (Wildman–Crippen LogP) is 2.66. The topological polar surface area (TPSA) is 102 Å². The van der Waals surface area contributed by atoms with E-state index in [1.165, 1.54) is 12.1 Å². The zero-order chi connectivity index (χ0) is 15.6. The van der Waals surface area contributed by atoms with Crippen LogP contribution >= 0.6 is 0 Å². The van der Waals surface area contributed by atoms with E-state index >= 15 is 0 Å². The van der Waals surface area contributed by atoms with Crippen molar-refractivity contribution in [3.8, 4) is 0 Å². The molecule has 0 spiro atoms. The molecule has 1 unspecified atom stereocenters. The molecule has 2 rings (SSSR count). The van der Waals surface area contributed by atoms with Gasteiger partial charge in [0.2, 0.25) is 0 Å². The summed E-state index contributed by atoms with van der Waals surface area (Å²) in [5.41, 5.74) is -0.252. The van der Waals surface area contributed by atoms with Gasteiger partial charge in [0.25, 0.3) is 5.69 Å². The van der Waals surface area contributed by atoms with E-state index in [2.05, 4.69) is 5.32 Å². The van der Waals surface area contributed by atoms with Gasteiger partial charge in [0.1, 0.15) is 5.69 Å². The molecule has 1 heterocycles. The van der Waals surface area contributed by atoms with E-state index in [-0.39, 0.29) is 22.9 Å². The molecule has 0 aliphatic carbocycles. The Balaban J connectivity index is 2.23. The monoisotopic (exact) mass is 294 g/mol. The van der Waals surface area contributed by atoms with E-state index in [1.807, 2.05) is 13.8 Å². The number of nitro groups is 1. The zero-order valence-electron chi connectivity index (χ0n) is 12.0. The lowest BCUT2D eigenvalue weighted by Crippen LogP contribution is -2.40. The van der Waals surface area contributed by atoms with Gasteiger partial charge in [0, 0.05) is 18.7 Å². The Hall–Kier alpha value is -2.15. The number of nitrogens with one attached hydrogen (secondary N) is 1. The molecule has 0 radical (unpaired) electrons. The smallest absolute Gasteiger partial charge is 0.335 e. The highest BCUT2D eigenvalue weighted by atomic mass is 16.6. The summed E-state index contributed by atoms with van der Waals surface area (Å²) in [6, 6.07) is 3.95. The molecule has 1 aromatic carbocycles. The summed E-state index contributed by atoms with van der Waals surface area (Å²) in [6.07, 6.45) is 1.48. The van der Waals surface area contributed by atoms with Crippen LogP contribution in [0.1, 0.15) is 37.0 Å². The third-order valence-electron chi connectivity index (χ3n) is 3.50. The number of anilines is 1. The second-order valence-electron chi connectivity index (χ2n) is 5.74. The molecular weight excluding hydrogens is 276 g/mol. The standard InChI is InChI=1S/C14H18N2O5/c1-14(2)8-10(5-6-21-14)15-11-4-3-9(13(17)18)7-12(11)16(19)20/h3-4,7,10,15H,5-6,8H2,1-2H3,(H,17,18).